The number of carbonyl (C=O) groups is 1. The van der Waals surface area contributed by atoms with Crippen LogP contribution in [-0.4, -0.2) is 37.0 Å². The van der Waals surface area contributed by atoms with Gasteiger partial charge >= 0.3 is 5.97 Å². The Balaban J connectivity index is 1.29. The zero-order chi connectivity index (χ0) is 25.8. The Hall–Kier alpha value is -1.44. The van der Waals surface area contributed by atoms with Gasteiger partial charge in [0.25, 0.3) is 0 Å². The highest BCUT2D eigenvalue weighted by Gasteiger charge is 2.65. The molecule has 0 bridgehead atoms. The molecule has 0 heterocycles. The molecule has 36 heavy (non-hydrogen) atoms. The first-order chi connectivity index (χ1) is 17.0. The summed E-state index contributed by atoms with van der Waals surface area (Å²) in [5.74, 6) is 1.66. The third kappa shape index (κ3) is 4.54. The molecular weight excluding hydrogens is 474 g/mol. The summed E-state index contributed by atoms with van der Waals surface area (Å²) in [6.07, 6.45) is 8.69. The molecule has 4 aliphatic rings. The summed E-state index contributed by atoms with van der Waals surface area (Å²) in [6.45, 7) is 6.38. The Labute approximate surface area is 216 Å². The molecule has 0 saturated heterocycles. The maximum absolute atomic E-state index is 13.1. The Kier molecular flexibility index (Phi) is 6.83. The predicted octanol–water partition coefficient (Wildman–Crippen LogP) is 4.81. The molecular formula is C29H43NO5S. The zero-order valence-corrected chi connectivity index (χ0v) is 22.9. The molecule has 1 aromatic rings. The number of nitrogens with one attached hydrogen (secondary N) is 1. The average Bonchev–Trinajstić information content (AvgIpc) is 3.08. The van der Waals surface area contributed by atoms with Crippen LogP contribution < -0.4 is 4.72 Å². The minimum absolute atomic E-state index is 0.0520. The number of benzene rings is 1. The molecule has 0 radical (unpaired) electrons. The van der Waals surface area contributed by atoms with Gasteiger partial charge in [0.15, 0.2) is 0 Å². The molecule has 6 nitrogen and oxygen atoms in total. The van der Waals surface area contributed by atoms with Crippen LogP contribution in [0.1, 0.15) is 84.1 Å². The Morgan fingerprint density at radius 2 is 1.75 bits per heavy atom. The largest absolute Gasteiger partial charge is 0.463 e. The number of esters is 1. The molecule has 0 aliphatic heterocycles. The second kappa shape index (κ2) is 9.39. The van der Waals surface area contributed by atoms with Crippen molar-refractivity contribution < 1.29 is 23.1 Å². The Morgan fingerprint density at radius 1 is 1.03 bits per heavy atom. The molecule has 0 aromatic heterocycles. The SMILES string of the molecule is CC(=O)O[C@H]1CC[C@@]2(C)[C@@H](CC[C@@H]3[C@@H]2CC[C@@]2(C)[C@H]3CC[C@@]2(O)CS(=O)(=O)NCc2ccccc2)C1. The van der Waals surface area contributed by atoms with Gasteiger partial charge in [-0.1, -0.05) is 44.2 Å². The van der Waals surface area contributed by atoms with Crippen LogP contribution in [0, 0.1) is 34.5 Å². The van der Waals surface area contributed by atoms with Gasteiger partial charge < -0.3 is 9.84 Å². The van der Waals surface area contributed by atoms with E-state index in [1.54, 1.807) is 0 Å². The van der Waals surface area contributed by atoms with Crippen LogP contribution in [0.4, 0.5) is 0 Å². The van der Waals surface area contributed by atoms with Crippen molar-refractivity contribution in [3.05, 3.63) is 35.9 Å². The number of ether oxygens (including phenoxy) is 1. The monoisotopic (exact) mass is 517 g/mol. The topological polar surface area (TPSA) is 92.7 Å². The molecule has 4 saturated carbocycles. The van der Waals surface area contributed by atoms with E-state index >= 15 is 0 Å². The van der Waals surface area contributed by atoms with Gasteiger partial charge in [0, 0.05) is 18.9 Å². The highest BCUT2D eigenvalue weighted by molar-refractivity contribution is 7.89. The third-order valence-corrected chi connectivity index (χ3v) is 12.5. The van der Waals surface area contributed by atoms with E-state index in [9.17, 15) is 18.3 Å². The van der Waals surface area contributed by atoms with E-state index < -0.39 is 15.6 Å². The lowest BCUT2D eigenvalue weighted by Gasteiger charge is -2.61. The molecule has 0 amide bonds. The van der Waals surface area contributed by atoms with E-state index in [0.717, 1.165) is 56.9 Å². The molecule has 5 rings (SSSR count). The number of carbonyl (C=O) groups excluding carboxylic acids is 1. The van der Waals surface area contributed by atoms with Gasteiger partial charge in [0.1, 0.15) is 6.10 Å². The van der Waals surface area contributed by atoms with Gasteiger partial charge in [-0.15, -0.1) is 0 Å². The van der Waals surface area contributed by atoms with Gasteiger partial charge in [-0.25, -0.2) is 13.1 Å². The second-order valence-electron chi connectivity index (χ2n) is 12.8. The second-order valence-corrected chi connectivity index (χ2v) is 14.6. The van der Waals surface area contributed by atoms with Gasteiger partial charge in [0.05, 0.1) is 11.4 Å². The summed E-state index contributed by atoms with van der Waals surface area (Å²) in [7, 11) is -3.63. The van der Waals surface area contributed by atoms with Gasteiger partial charge in [-0.2, -0.15) is 0 Å². The standard InChI is InChI=1S/C29H43NO5S/c1-20(31)35-23-11-14-27(2)22(17-23)9-10-24-25(27)12-15-28(3)26(24)13-16-29(28,32)19-36(33,34)30-18-21-7-5-4-6-8-21/h4-8,22-26,30,32H,9-19H2,1-3H3/t22-,23-,24+,25-,26-,27-,28-,29+/m0/s1. The fraction of sp³-hybridized carbons (Fsp3) is 0.759. The molecule has 4 fully saturated rings. The highest BCUT2D eigenvalue weighted by atomic mass is 32.2. The lowest BCUT2D eigenvalue weighted by molar-refractivity contribution is -0.166. The number of hydrogen-bond acceptors (Lipinski definition) is 5. The average molecular weight is 518 g/mol. The lowest BCUT2D eigenvalue weighted by Crippen LogP contribution is -2.58. The van der Waals surface area contributed by atoms with Gasteiger partial charge in [-0.05, 0) is 92.4 Å². The van der Waals surface area contributed by atoms with Crippen LogP contribution in [0.25, 0.3) is 0 Å². The fourth-order valence-corrected chi connectivity index (χ4v) is 10.7. The molecule has 8 atom stereocenters. The first-order valence-electron chi connectivity index (χ1n) is 13.9. The van der Waals surface area contributed by atoms with Crippen LogP contribution in [0.15, 0.2) is 30.3 Å². The van der Waals surface area contributed by atoms with Crippen molar-refractivity contribution in [3.63, 3.8) is 0 Å². The summed E-state index contributed by atoms with van der Waals surface area (Å²) in [5, 5.41) is 11.9. The molecule has 4 aliphatic carbocycles. The smallest absolute Gasteiger partial charge is 0.302 e. The van der Waals surface area contributed by atoms with Gasteiger partial charge in [-0.3, -0.25) is 4.79 Å². The summed E-state index contributed by atoms with van der Waals surface area (Å²) < 4.78 is 34.5. The van der Waals surface area contributed by atoms with Crippen LogP contribution in [0.5, 0.6) is 0 Å². The van der Waals surface area contributed by atoms with E-state index in [-0.39, 0.29) is 35.2 Å². The van der Waals surface area contributed by atoms with Crippen LogP contribution in [0.2, 0.25) is 0 Å². The van der Waals surface area contributed by atoms with E-state index in [1.807, 2.05) is 30.3 Å². The van der Waals surface area contributed by atoms with Crippen molar-refractivity contribution in [2.45, 2.75) is 96.8 Å². The minimum atomic E-state index is -3.63. The van der Waals surface area contributed by atoms with Crippen molar-refractivity contribution in [2.24, 2.45) is 34.5 Å². The van der Waals surface area contributed by atoms with E-state index in [2.05, 4.69) is 18.6 Å². The van der Waals surface area contributed by atoms with Crippen molar-refractivity contribution in [1.82, 2.24) is 4.72 Å². The fourth-order valence-electron chi connectivity index (χ4n) is 9.06. The lowest BCUT2D eigenvalue weighted by atomic mass is 9.44. The van der Waals surface area contributed by atoms with Crippen LogP contribution in [0.3, 0.4) is 0 Å². The third-order valence-electron chi connectivity index (χ3n) is 11.0. The maximum Gasteiger partial charge on any atom is 0.302 e. The summed E-state index contributed by atoms with van der Waals surface area (Å²) in [4.78, 5) is 11.5. The molecule has 7 heteroatoms. The van der Waals surface area contributed by atoms with E-state index in [4.69, 9.17) is 4.74 Å². The van der Waals surface area contributed by atoms with Crippen molar-refractivity contribution in [1.29, 1.82) is 0 Å². The summed E-state index contributed by atoms with van der Waals surface area (Å²) in [5.41, 5.74) is -0.424. The number of aliphatic hydroxyl groups is 1. The summed E-state index contributed by atoms with van der Waals surface area (Å²) in [6, 6.07) is 9.52. The number of rotatable bonds is 6. The molecule has 1 aromatic carbocycles. The maximum atomic E-state index is 13.1. The molecule has 200 valence electrons. The van der Waals surface area contributed by atoms with Crippen molar-refractivity contribution in [2.75, 3.05) is 5.75 Å². The van der Waals surface area contributed by atoms with Gasteiger partial charge in [0.2, 0.25) is 10.0 Å². The first kappa shape index (κ1) is 26.2. The van der Waals surface area contributed by atoms with E-state index in [0.29, 0.717) is 30.1 Å². The number of sulfonamides is 1. The Bertz CT molecular complexity index is 1080. The van der Waals surface area contributed by atoms with Crippen molar-refractivity contribution in [3.8, 4) is 0 Å². The minimum Gasteiger partial charge on any atom is -0.463 e. The normalized spacial score (nSPS) is 42.2. The molecule has 0 spiro atoms. The number of fused-ring (bicyclic) bond motifs is 5. The molecule has 0 unspecified atom stereocenters. The molecule has 2 N–H and O–H groups in total. The highest BCUT2D eigenvalue weighted by Crippen LogP contribution is 2.68. The van der Waals surface area contributed by atoms with Crippen LogP contribution >= 0.6 is 0 Å². The zero-order valence-electron chi connectivity index (χ0n) is 22.0. The van der Waals surface area contributed by atoms with Crippen molar-refractivity contribution >= 4 is 16.0 Å². The first-order valence-corrected chi connectivity index (χ1v) is 15.5. The van der Waals surface area contributed by atoms with Crippen LogP contribution in [-0.2, 0) is 26.1 Å². The quantitative estimate of drug-likeness (QED) is 0.528. The number of hydrogen-bond donors (Lipinski definition) is 2. The van der Waals surface area contributed by atoms with E-state index in [1.165, 1.54) is 6.92 Å². The summed E-state index contributed by atoms with van der Waals surface area (Å²) >= 11 is 0. The predicted molar refractivity (Wildman–Crippen MR) is 139 cm³/mol. The Morgan fingerprint density at radius 3 is 2.47 bits per heavy atom.